The Kier molecular flexibility index (Phi) is 4.40. The van der Waals surface area contributed by atoms with E-state index in [1.165, 1.54) is 0 Å². The molecule has 0 radical (unpaired) electrons. The predicted octanol–water partition coefficient (Wildman–Crippen LogP) is 2.46. The lowest BCUT2D eigenvalue weighted by Gasteiger charge is -2.17. The van der Waals surface area contributed by atoms with Gasteiger partial charge in [-0.2, -0.15) is 0 Å². The molecule has 5 heteroatoms. The normalized spacial score (nSPS) is 10.3. The van der Waals surface area contributed by atoms with Crippen LogP contribution in [0.1, 0.15) is 13.8 Å². The number of hydrogen-bond acceptors (Lipinski definition) is 4. The minimum absolute atomic E-state index is 0.107. The Hall–Kier alpha value is -2.30. The summed E-state index contributed by atoms with van der Waals surface area (Å²) in [4.78, 5) is 18.4. The van der Waals surface area contributed by atoms with E-state index in [9.17, 15) is 4.79 Å². The highest BCUT2D eigenvalue weighted by Crippen LogP contribution is 2.19. The lowest BCUT2D eigenvalue weighted by Crippen LogP contribution is -2.22. The second-order valence-corrected chi connectivity index (χ2v) is 4.56. The maximum Gasteiger partial charge on any atom is 0.293 e. The van der Waals surface area contributed by atoms with Gasteiger partial charge in [-0.25, -0.2) is 4.98 Å². The lowest BCUT2D eigenvalue weighted by molar-refractivity contribution is 0.720. The number of aromatic nitrogens is 2. The van der Waals surface area contributed by atoms with E-state index in [4.69, 9.17) is 0 Å². The van der Waals surface area contributed by atoms with Gasteiger partial charge < -0.3 is 14.8 Å². The van der Waals surface area contributed by atoms with Crippen molar-refractivity contribution in [3.05, 3.63) is 47.0 Å². The van der Waals surface area contributed by atoms with Crippen molar-refractivity contribution < 1.29 is 0 Å². The summed E-state index contributed by atoms with van der Waals surface area (Å²) in [5.74, 6) is 0.352. The monoisotopic (exact) mass is 272 g/mol. The van der Waals surface area contributed by atoms with E-state index < -0.39 is 0 Å². The van der Waals surface area contributed by atoms with Crippen LogP contribution < -0.4 is 15.8 Å². The minimum Gasteiger partial charge on any atom is -0.375 e. The van der Waals surface area contributed by atoms with E-state index >= 15 is 0 Å². The molecule has 5 nitrogen and oxygen atoms in total. The van der Waals surface area contributed by atoms with Crippen molar-refractivity contribution in [1.29, 1.82) is 0 Å². The van der Waals surface area contributed by atoms with Crippen molar-refractivity contribution in [3.63, 3.8) is 0 Å². The fraction of sp³-hybridized carbons (Fsp3) is 0.333. The summed E-state index contributed by atoms with van der Waals surface area (Å²) in [5.41, 5.74) is 1.86. The Morgan fingerprint density at radius 2 is 2.15 bits per heavy atom. The van der Waals surface area contributed by atoms with Crippen LogP contribution in [-0.2, 0) is 6.54 Å². The quantitative estimate of drug-likeness (QED) is 0.908. The number of rotatable bonds is 5. The molecule has 106 valence electrons. The molecule has 0 saturated heterocycles. The first-order valence-electron chi connectivity index (χ1n) is 6.79. The molecule has 0 bridgehead atoms. The van der Waals surface area contributed by atoms with Crippen molar-refractivity contribution in [2.75, 3.05) is 23.8 Å². The third kappa shape index (κ3) is 2.99. The van der Waals surface area contributed by atoms with Crippen molar-refractivity contribution in [2.45, 2.75) is 20.4 Å². The summed E-state index contributed by atoms with van der Waals surface area (Å²) in [6.07, 6.45) is 3.32. The molecule has 0 aliphatic heterocycles. The number of nitrogens with zero attached hydrogens (tertiary/aromatic N) is 3. The number of anilines is 3. The van der Waals surface area contributed by atoms with Crippen LogP contribution in [-0.4, -0.2) is 23.1 Å². The summed E-state index contributed by atoms with van der Waals surface area (Å²) < 4.78 is 1.62. The van der Waals surface area contributed by atoms with E-state index in [-0.39, 0.29) is 5.56 Å². The van der Waals surface area contributed by atoms with Gasteiger partial charge in [-0.05, 0) is 32.0 Å². The molecule has 1 N–H and O–H groups in total. The van der Waals surface area contributed by atoms with Gasteiger partial charge in [0.1, 0.15) is 0 Å². The van der Waals surface area contributed by atoms with Gasteiger partial charge in [0, 0.05) is 43.9 Å². The molecule has 1 aromatic heterocycles. The molecule has 0 aliphatic rings. The van der Waals surface area contributed by atoms with Crippen molar-refractivity contribution in [3.8, 4) is 0 Å². The fourth-order valence-electron chi connectivity index (χ4n) is 1.92. The van der Waals surface area contributed by atoms with Crippen molar-refractivity contribution in [1.82, 2.24) is 9.55 Å². The molecule has 0 saturated carbocycles. The summed E-state index contributed by atoms with van der Waals surface area (Å²) in [6.45, 7) is 5.59. The highest BCUT2D eigenvalue weighted by molar-refractivity contribution is 5.62. The largest absolute Gasteiger partial charge is 0.375 e. The summed E-state index contributed by atoms with van der Waals surface area (Å²) >= 11 is 0. The molecule has 2 aromatic rings. The molecule has 1 heterocycles. The lowest BCUT2D eigenvalue weighted by atomic mass is 10.2. The van der Waals surface area contributed by atoms with E-state index in [0.29, 0.717) is 12.4 Å². The third-order valence-electron chi connectivity index (χ3n) is 3.28. The zero-order valence-electron chi connectivity index (χ0n) is 12.1. The maximum absolute atomic E-state index is 12.1. The average molecular weight is 272 g/mol. The van der Waals surface area contributed by atoms with Gasteiger partial charge in [-0.1, -0.05) is 6.07 Å². The minimum atomic E-state index is -0.107. The zero-order valence-corrected chi connectivity index (χ0v) is 12.1. The van der Waals surface area contributed by atoms with Gasteiger partial charge >= 0.3 is 0 Å². The van der Waals surface area contributed by atoms with Crippen LogP contribution in [0.15, 0.2) is 41.5 Å². The number of nitrogens with one attached hydrogen (secondary N) is 1. The number of hydrogen-bond donors (Lipinski definition) is 1. The molecule has 0 amide bonds. The van der Waals surface area contributed by atoms with Crippen molar-refractivity contribution in [2.24, 2.45) is 0 Å². The van der Waals surface area contributed by atoms with Gasteiger partial charge in [-0.15, -0.1) is 0 Å². The molecule has 0 unspecified atom stereocenters. The summed E-state index contributed by atoms with van der Waals surface area (Å²) in [7, 11) is 2.03. The van der Waals surface area contributed by atoms with Crippen molar-refractivity contribution >= 4 is 17.2 Å². The molecule has 0 atom stereocenters. The Balaban J connectivity index is 2.29. The average Bonchev–Trinajstić information content (AvgIpc) is 2.49. The smallest absolute Gasteiger partial charge is 0.293 e. The van der Waals surface area contributed by atoms with Crippen LogP contribution in [0.3, 0.4) is 0 Å². The van der Waals surface area contributed by atoms with E-state index in [0.717, 1.165) is 17.9 Å². The molecule has 0 aliphatic carbocycles. The highest BCUT2D eigenvalue weighted by atomic mass is 16.1. The Morgan fingerprint density at radius 1 is 1.35 bits per heavy atom. The van der Waals surface area contributed by atoms with Gasteiger partial charge in [0.15, 0.2) is 5.82 Å². The van der Waals surface area contributed by atoms with Gasteiger partial charge in [-0.3, -0.25) is 4.79 Å². The standard InChI is InChI=1S/C15H20N4O/c1-4-18(3)13-8-6-7-12(11-13)17-14-15(20)19(5-2)10-9-16-14/h6-11H,4-5H2,1-3H3,(H,16,17). The van der Waals surface area contributed by atoms with E-state index in [1.54, 1.807) is 17.0 Å². The Bertz CT molecular complexity index is 636. The SMILES string of the molecule is CCN(C)c1cccc(Nc2nccn(CC)c2=O)c1. The number of aryl methyl sites for hydroxylation is 1. The van der Waals surface area contributed by atoms with Gasteiger partial charge in [0.2, 0.25) is 0 Å². The van der Waals surface area contributed by atoms with Crippen LogP contribution in [0.2, 0.25) is 0 Å². The van der Waals surface area contributed by atoms with Crippen LogP contribution in [0, 0.1) is 0 Å². The second kappa shape index (κ2) is 6.23. The molecule has 0 fully saturated rings. The second-order valence-electron chi connectivity index (χ2n) is 4.56. The Morgan fingerprint density at radius 3 is 2.85 bits per heavy atom. The molecule has 0 spiro atoms. The maximum atomic E-state index is 12.1. The zero-order chi connectivity index (χ0) is 14.5. The first kappa shape index (κ1) is 14.1. The van der Waals surface area contributed by atoms with Gasteiger partial charge in [0.05, 0.1) is 0 Å². The summed E-state index contributed by atoms with van der Waals surface area (Å²) in [6, 6.07) is 7.94. The molecule has 1 aromatic carbocycles. The first-order chi connectivity index (χ1) is 9.65. The highest BCUT2D eigenvalue weighted by Gasteiger charge is 2.05. The van der Waals surface area contributed by atoms with Gasteiger partial charge in [0.25, 0.3) is 5.56 Å². The predicted molar refractivity (Wildman–Crippen MR) is 82.8 cm³/mol. The molecule has 20 heavy (non-hydrogen) atoms. The summed E-state index contributed by atoms with van der Waals surface area (Å²) in [5, 5.41) is 3.10. The Labute approximate surface area is 118 Å². The first-order valence-corrected chi connectivity index (χ1v) is 6.79. The van der Waals surface area contributed by atoms with Crippen LogP contribution in [0.5, 0.6) is 0 Å². The van der Waals surface area contributed by atoms with E-state index in [2.05, 4.69) is 22.1 Å². The van der Waals surface area contributed by atoms with Crippen LogP contribution >= 0.6 is 0 Å². The van der Waals surface area contributed by atoms with E-state index in [1.807, 2.05) is 38.2 Å². The van der Waals surface area contributed by atoms with Crippen LogP contribution in [0.4, 0.5) is 17.2 Å². The molecule has 2 rings (SSSR count). The topological polar surface area (TPSA) is 50.2 Å². The molecular weight excluding hydrogens is 252 g/mol. The number of benzene rings is 1. The third-order valence-corrected chi connectivity index (χ3v) is 3.28. The fourth-order valence-corrected chi connectivity index (χ4v) is 1.92. The van der Waals surface area contributed by atoms with Crippen LogP contribution in [0.25, 0.3) is 0 Å². The molecular formula is C15H20N4O.